The molecule has 6 nitrogen and oxygen atoms in total. The Balaban J connectivity index is 2.43. The molecule has 4 N–H and O–H groups in total. The normalized spacial score (nSPS) is 9.71. The summed E-state index contributed by atoms with van der Waals surface area (Å²) in [6.45, 7) is 0.410. The van der Waals surface area contributed by atoms with Crippen molar-refractivity contribution >= 4 is 17.6 Å². The molecular weight excluding hydrogens is 220 g/mol. The minimum Gasteiger partial charge on any atom is -0.373 e. The highest BCUT2D eigenvalue weighted by Crippen LogP contribution is 2.03. The fraction of sp³-hybridized carbons (Fsp3) is 0.364. The molecule has 0 atom stereocenters. The topological polar surface area (TPSA) is 97.1 Å². The van der Waals surface area contributed by atoms with Gasteiger partial charge in [0.05, 0.1) is 0 Å². The summed E-state index contributed by atoms with van der Waals surface area (Å²) >= 11 is 0. The van der Waals surface area contributed by atoms with E-state index in [1.807, 2.05) is 0 Å². The third-order valence-electron chi connectivity index (χ3n) is 2.12. The van der Waals surface area contributed by atoms with Crippen LogP contribution < -0.4 is 16.4 Å². The number of rotatable bonds is 6. The molecule has 0 spiro atoms. The SMILES string of the molecule is CNc1cccc(C(=O)NCCCC(N)=O)n1. The highest BCUT2D eigenvalue weighted by molar-refractivity contribution is 5.92. The lowest BCUT2D eigenvalue weighted by Gasteiger charge is -2.05. The quantitative estimate of drug-likeness (QED) is 0.611. The second-order valence-corrected chi connectivity index (χ2v) is 3.48. The Labute approximate surface area is 99.6 Å². The van der Waals surface area contributed by atoms with Gasteiger partial charge in [-0.05, 0) is 18.6 Å². The summed E-state index contributed by atoms with van der Waals surface area (Å²) < 4.78 is 0. The van der Waals surface area contributed by atoms with Gasteiger partial charge in [0.25, 0.3) is 5.91 Å². The van der Waals surface area contributed by atoms with Gasteiger partial charge in [-0.25, -0.2) is 4.98 Å². The zero-order valence-corrected chi connectivity index (χ0v) is 9.69. The van der Waals surface area contributed by atoms with Crippen molar-refractivity contribution in [1.29, 1.82) is 0 Å². The molecule has 0 bridgehead atoms. The molecule has 0 aliphatic rings. The number of carbonyl (C=O) groups excluding carboxylic acids is 2. The van der Waals surface area contributed by atoms with Crippen LogP contribution in [0.5, 0.6) is 0 Å². The van der Waals surface area contributed by atoms with E-state index in [-0.39, 0.29) is 18.2 Å². The maximum absolute atomic E-state index is 11.6. The van der Waals surface area contributed by atoms with Crippen molar-refractivity contribution in [3.05, 3.63) is 23.9 Å². The summed E-state index contributed by atoms with van der Waals surface area (Å²) in [5.41, 5.74) is 5.33. The highest BCUT2D eigenvalue weighted by atomic mass is 16.2. The van der Waals surface area contributed by atoms with Crippen LogP contribution in [0.2, 0.25) is 0 Å². The van der Waals surface area contributed by atoms with Gasteiger partial charge in [-0.2, -0.15) is 0 Å². The first kappa shape index (κ1) is 13.0. The Morgan fingerprint density at radius 1 is 1.41 bits per heavy atom. The molecule has 1 aromatic rings. The molecule has 0 aliphatic heterocycles. The van der Waals surface area contributed by atoms with Crippen LogP contribution in [-0.2, 0) is 4.79 Å². The van der Waals surface area contributed by atoms with Crippen molar-refractivity contribution in [1.82, 2.24) is 10.3 Å². The van der Waals surface area contributed by atoms with E-state index in [9.17, 15) is 9.59 Å². The van der Waals surface area contributed by atoms with Crippen molar-refractivity contribution < 1.29 is 9.59 Å². The highest BCUT2D eigenvalue weighted by Gasteiger charge is 2.06. The molecule has 6 heteroatoms. The summed E-state index contributed by atoms with van der Waals surface area (Å²) in [5, 5.41) is 5.52. The van der Waals surface area contributed by atoms with Crippen molar-refractivity contribution in [3.63, 3.8) is 0 Å². The molecule has 0 fully saturated rings. The van der Waals surface area contributed by atoms with Crippen LogP contribution in [0.4, 0.5) is 5.82 Å². The predicted molar refractivity (Wildman–Crippen MR) is 64.5 cm³/mol. The van der Waals surface area contributed by atoms with Gasteiger partial charge >= 0.3 is 0 Å². The number of hydrogen-bond acceptors (Lipinski definition) is 4. The molecule has 0 saturated carbocycles. The number of carbonyl (C=O) groups is 2. The van der Waals surface area contributed by atoms with E-state index in [2.05, 4.69) is 15.6 Å². The van der Waals surface area contributed by atoms with Gasteiger partial charge in [0.2, 0.25) is 5.91 Å². The monoisotopic (exact) mass is 236 g/mol. The molecule has 0 unspecified atom stereocenters. The summed E-state index contributed by atoms with van der Waals surface area (Å²) in [6.07, 6.45) is 0.803. The van der Waals surface area contributed by atoms with E-state index in [1.165, 1.54) is 0 Å². The molecule has 92 valence electrons. The van der Waals surface area contributed by atoms with Gasteiger partial charge in [0.15, 0.2) is 0 Å². The van der Waals surface area contributed by atoms with E-state index in [0.29, 0.717) is 24.5 Å². The Bertz CT molecular complexity index is 406. The van der Waals surface area contributed by atoms with Gasteiger partial charge in [0, 0.05) is 20.0 Å². The Morgan fingerprint density at radius 3 is 2.82 bits per heavy atom. The molecule has 1 rings (SSSR count). The first-order chi connectivity index (χ1) is 8.13. The van der Waals surface area contributed by atoms with Gasteiger partial charge in [-0.3, -0.25) is 9.59 Å². The Kier molecular flexibility index (Phi) is 4.93. The van der Waals surface area contributed by atoms with Gasteiger partial charge in [-0.15, -0.1) is 0 Å². The van der Waals surface area contributed by atoms with Crippen molar-refractivity contribution in [2.45, 2.75) is 12.8 Å². The lowest BCUT2D eigenvalue weighted by Crippen LogP contribution is -2.26. The van der Waals surface area contributed by atoms with E-state index in [1.54, 1.807) is 25.2 Å². The number of pyridine rings is 1. The zero-order valence-electron chi connectivity index (χ0n) is 9.69. The maximum Gasteiger partial charge on any atom is 0.269 e. The lowest BCUT2D eigenvalue weighted by atomic mass is 10.3. The van der Waals surface area contributed by atoms with Crippen LogP contribution in [0.1, 0.15) is 23.3 Å². The molecular formula is C11H16N4O2. The van der Waals surface area contributed by atoms with Crippen molar-refractivity contribution in [2.75, 3.05) is 18.9 Å². The first-order valence-corrected chi connectivity index (χ1v) is 5.35. The predicted octanol–water partition coefficient (Wildman–Crippen LogP) is 0.119. The third-order valence-corrected chi connectivity index (χ3v) is 2.12. The molecule has 2 amide bonds. The summed E-state index contributed by atoms with van der Waals surface area (Å²) in [7, 11) is 1.73. The molecule has 0 saturated heterocycles. The summed E-state index contributed by atoms with van der Waals surface area (Å²) in [4.78, 5) is 26.2. The van der Waals surface area contributed by atoms with Crippen LogP contribution in [0, 0.1) is 0 Å². The van der Waals surface area contributed by atoms with E-state index < -0.39 is 0 Å². The minimum absolute atomic E-state index is 0.258. The molecule has 0 radical (unpaired) electrons. The Hall–Kier alpha value is -2.11. The maximum atomic E-state index is 11.6. The second-order valence-electron chi connectivity index (χ2n) is 3.48. The number of primary amides is 1. The minimum atomic E-state index is -0.366. The number of amides is 2. The van der Waals surface area contributed by atoms with Crippen LogP contribution in [0.3, 0.4) is 0 Å². The van der Waals surface area contributed by atoms with E-state index in [0.717, 1.165) is 0 Å². The molecule has 1 aromatic heterocycles. The molecule has 1 heterocycles. The number of anilines is 1. The first-order valence-electron chi connectivity index (χ1n) is 5.35. The van der Waals surface area contributed by atoms with Gasteiger partial charge in [-0.1, -0.05) is 6.07 Å². The fourth-order valence-corrected chi connectivity index (χ4v) is 1.26. The zero-order chi connectivity index (χ0) is 12.7. The molecule has 0 aliphatic carbocycles. The van der Waals surface area contributed by atoms with Crippen LogP contribution in [-0.4, -0.2) is 30.4 Å². The van der Waals surface area contributed by atoms with E-state index in [4.69, 9.17) is 5.73 Å². The number of aromatic nitrogens is 1. The summed E-state index contributed by atoms with van der Waals surface area (Å²) in [6, 6.07) is 5.14. The van der Waals surface area contributed by atoms with Gasteiger partial charge < -0.3 is 16.4 Å². The third kappa shape index (κ3) is 4.50. The summed E-state index contributed by atoms with van der Waals surface area (Å²) in [5.74, 6) is 0.0101. The van der Waals surface area contributed by atoms with Crippen molar-refractivity contribution in [3.8, 4) is 0 Å². The number of nitrogens with one attached hydrogen (secondary N) is 2. The molecule has 0 aromatic carbocycles. The number of hydrogen-bond donors (Lipinski definition) is 3. The van der Waals surface area contributed by atoms with Crippen molar-refractivity contribution in [2.24, 2.45) is 5.73 Å². The largest absolute Gasteiger partial charge is 0.373 e. The lowest BCUT2D eigenvalue weighted by molar-refractivity contribution is -0.118. The van der Waals surface area contributed by atoms with Crippen LogP contribution in [0.25, 0.3) is 0 Å². The average molecular weight is 236 g/mol. The standard InChI is InChI=1S/C11H16N4O2/c1-13-10-6-2-4-8(15-10)11(17)14-7-3-5-9(12)16/h2,4,6H,3,5,7H2,1H3,(H2,12,16)(H,13,15)(H,14,17). The van der Waals surface area contributed by atoms with E-state index >= 15 is 0 Å². The number of nitrogens with two attached hydrogens (primary N) is 1. The molecule has 17 heavy (non-hydrogen) atoms. The smallest absolute Gasteiger partial charge is 0.269 e. The number of nitrogens with zero attached hydrogens (tertiary/aromatic N) is 1. The second kappa shape index (κ2) is 6.47. The fourth-order valence-electron chi connectivity index (χ4n) is 1.26. The van der Waals surface area contributed by atoms with Gasteiger partial charge in [0.1, 0.15) is 11.5 Å². The Morgan fingerprint density at radius 2 is 2.18 bits per heavy atom. The van der Waals surface area contributed by atoms with Crippen LogP contribution >= 0.6 is 0 Å². The van der Waals surface area contributed by atoms with Crippen LogP contribution in [0.15, 0.2) is 18.2 Å². The average Bonchev–Trinajstić information content (AvgIpc) is 2.34.